The van der Waals surface area contributed by atoms with Crippen molar-refractivity contribution in [1.29, 1.82) is 0 Å². The van der Waals surface area contributed by atoms with Crippen molar-refractivity contribution in [2.45, 2.75) is 57.3 Å². The third-order valence-corrected chi connectivity index (χ3v) is 8.31. The van der Waals surface area contributed by atoms with Crippen molar-refractivity contribution in [1.82, 2.24) is 30.4 Å². The van der Waals surface area contributed by atoms with Gasteiger partial charge >= 0.3 is 0 Å². The maximum atomic E-state index is 14.0. The number of aromatic nitrogens is 4. The molecule has 9 nitrogen and oxygen atoms in total. The minimum atomic E-state index is -0.824. The van der Waals surface area contributed by atoms with Crippen molar-refractivity contribution in [2.24, 2.45) is 0 Å². The molecule has 1 saturated carbocycles. The Morgan fingerprint density at radius 1 is 1.10 bits per heavy atom. The fourth-order valence-corrected chi connectivity index (χ4v) is 5.94. The van der Waals surface area contributed by atoms with Gasteiger partial charge in [0.25, 0.3) is 0 Å². The monoisotopic (exact) mass is 578 g/mol. The Kier molecular flexibility index (Phi) is 9.08. The molecule has 11 heteroatoms. The fraction of sp³-hybridized carbons (Fsp3) is 0.345. The van der Waals surface area contributed by atoms with Gasteiger partial charge in [0.15, 0.2) is 0 Å². The lowest BCUT2D eigenvalue weighted by Gasteiger charge is -2.32. The van der Waals surface area contributed by atoms with Gasteiger partial charge in [-0.2, -0.15) is 4.80 Å². The van der Waals surface area contributed by atoms with Crippen LogP contribution < -0.4 is 10.1 Å². The maximum Gasteiger partial charge on any atom is 0.248 e. The highest BCUT2D eigenvalue weighted by Crippen LogP contribution is 2.30. The van der Waals surface area contributed by atoms with Gasteiger partial charge in [0, 0.05) is 28.0 Å². The summed E-state index contributed by atoms with van der Waals surface area (Å²) in [6, 6.07) is 17.7. The second-order valence-electron chi connectivity index (χ2n) is 9.75. The first-order valence-electron chi connectivity index (χ1n) is 13.3. The lowest BCUT2D eigenvalue weighted by atomic mass is 9.95. The summed E-state index contributed by atoms with van der Waals surface area (Å²) in [5, 5.41) is 18.3. The van der Waals surface area contributed by atoms with Crippen molar-refractivity contribution in [3.8, 4) is 17.1 Å². The first kappa shape index (κ1) is 27.8. The van der Waals surface area contributed by atoms with Gasteiger partial charge in [-0.05, 0) is 65.4 Å². The second-order valence-corrected chi connectivity index (χ2v) is 11.1. The number of amides is 2. The summed E-state index contributed by atoms with van der Waals surface area (Å²) < 4.78 is 5.21. The highest BCUT2D eigenvalue weighted by molar-refractivity contribution is 7.10. The zero-order valence-electron chi connectivity index (χ0n) is 22.2. The van der Waals surface area contributed by atoms with E-state index in [1.165, 1.54) is 22.6 Å². The zero-order valence-corrected chi connectivity index (χ0v) is 23.8. The first-order valence-corrected chi connectivity index (χ1v) is 14.6. The van der Waals surface area contributed by atoms with E-state index in [2.05, 4.69) is 20.7 Å². The van der Waals surface area contributed by atoms with E-state index in [0.29, 0.717) is 16.6 Å². The number of tetrazole rings is 1. The third-order valence-electron chi connectivity index (χ3n) is 7.02. The van der Waals surface area contributed by atoms with Crippen LogP contribution in [0.5, 0.6) is 5.75 Å². The third kappa shape index (κ3) is 6.68. The normalized spacial score (nSPS) is 14.4. The Bertz CT molecular complexity index is 1420. The molecule has 5 rings (SSSR count). The van der Waals surface area contributed by atoms with E-state index in [1.54, 1.807) is 18.1 Å². The number of thiophene rings is 1. The van der Waals surface area contributed by atoms with Gasteiger partial charge in [0.05, 0.1) is 7.11 Å². The molecule has 2 aromatic carbocycles. The molecule has 2 heterocycles. The molecule has 1 fully saturated rings. The fourth-order valence-electron chi connectivity index (χ4n) is 4.91. The van der Waals surface area contributed by atoms with Crippen molar-refractivity contribution in [2.75, 3.05) is 7.11 Å². The van der Waals surface area contributed by atoms with Crippen LogP contribution in [0.15, 0.2) is 66.0 Å². The lowest BCUT2D eigenvalue weighted by Crippen LogP contribution is -2.47. The van der Waals surface area contributed by atoms with Crippen LogP contribution in [0.3, 0.4) is 0 Å². The second kappa shape index (κ2) is 13.1. The van der Waals surface area contributed by atoms with E-state index in [0.717, 1.165) is 41.7 Å². The van der Waals surface area contributed by atoms with Crippen molar-refractivity contribution < 1.29 is 14.3 Å². The number of carbonyl (C=O) groups is 2. The van der Waals surface area contributed by atoms with Crippen LogP contribution in [0, 0.1) is 0 Å². The van der Waals surface area contributed by atoms with Gasteiger partial charge < -0.3 is 15.0 Å². The van der Waals surface area contributed by atoms with E-state index in [9.17, 15) is 9.59 Å². The predicted molar refractivity (Wildman–Crippen MR) is 154 cm³/mol. The summed E-state index contributed by atoms with van der Waals surface area (Å²) in [7, 11) is 1.60. The minimum absolute atomic E-state index is 0.102. The van der Waals surface area contributed by atoms with Crippen molar-refractivity contribution in [3.05, 3.63) is 81.5 Å². The molecule has 0 bridgehead atoms. The highest BCUT2D eigenvalue weighted by Gasteiger charge is 2.34. The van der Waals surface area contributed by atoms with Gasteiger partial charge in [-0.15, -0.1) is 21.5 Å². The van der Waals surface area contributed by atoms with E-state index >= 15 is 0 Å². The molecule has 208 valence electrons. The average Bonchev–Trinajstić information content (AvgIpc) is 3.67. The molecule has 40 heavy (non-hydrogen) atoms. The number of hydrogen-bond donors (Lipinski definition) is 1. The molecule has 0 radical (unpaired) electrons. The molecule has 0 aliphatic heterocycles. The van der Waals surface area contributed by atoms with E-state index in [1.807, 2.05) is 60.0 Å². The van der Waals surface area contributed by atoms with Gasteiger partial charge in [-0.25, -0.2) is 0 Å². The van der Waals surface area contributed by atoms with Crippen LogP contribution in [0.25, 0.3) is 11.4 Å². The molecular weight excluding hydrogens is 548 g/mol. The highest BCUT2D eigenvalue weighted by atomic mass is 35.5. The van der Waals surface area contributed by atoms with Gasteiger partial charge in [0.2, 0.25) is 17.6 Å². The standard InChI is InChI=1S/C29H31ClN6O3S/c1-39-23-15-13-20(14-16-23)28-32-34-36(33-28)19-26(37)35(18-21-8-5-6-11-24(21)30)27(25-12-7-17-40-25)29(38)31-22-9-3-2-4-10-22/h5-8,11-17,22,27H,2-4,9-10,18-19H2,1H3,(H,31,38)/t27-/m1/s1. The van der Waals surface area contributed by atoms with Crippen LogP contribution in [-0.2, 0) is 22.7 Å². The Morgan fingerprint density at radius 3 is 2.58 bits per heavy atom. The quantitative estimate of drug-likeness (QED) is 0.275. The summed E-state index contributed by atoms with van der Waals surface area (Å²) in [4.78, 5) is 31.4. The minimum Gasteiger partial charge on any atom is -0.497 e. The summed E-state index contributed by atoms with van der Waals surface area (Å²) in [5.41, 5.74) is 1.49. The number of hydrogen-bond acceptors (Lipinski definition) is 7. The number of nitrogens with one attached hydrogen (secondary N) is 1. The first-order chi connectivity index (χ1) is 19.5. The molecular formula is C29H31ClN6O3S. The molecule has 2 aromatic heterocycles. The molecule has 1 aliphatic carbocycles. The Labute approximate surface area is 242 Å². The molecule has 0 spiro atoms. The molecule has 4 aromatic rings. The summed E-state index contributed by atoms with van der Waals surface area (Å²) >= 11 is 7.95. The summed E-state index contributed by atoms with van der Waals surface area (Å²) in [5.74, 6) is 0.585. The lowest BCUT2D eigenvalue weighted by molar-refractivity contribution is -0.142. The number of ether oxygens (including phenoxy) is 1. The number of benzene rings is 2. The molecule has 1 atom stereocenters. The van der Waals surface area contributed by atoms with E-state index in [4.69, 9.17) is 16.3 Å². The Morgan fingerprint density at radius 2 is 1.88 bits per heavy atom. The van der Waals surface area contributed by atoms with Crippen molar-refractivity contribution in [3.63, 3.8) is 0 Å². The van der Waals surface area contributed by atoms with Crippen LogP contribution in [0.4, 0.5) is 0 Å². The number of halogens is 1. The molecule has 0 unspecified atom stereocenters. The average molecular weight is 579 g/mol. The van der Waals surface area contributed by atoms with Crippen LogP contribution in [-0.4, -0.2) is 50.1 Å². The van der Waals surface area contributed by atoms with Crippen LogP contribution in [0.1, 0.15) is 48.6 Å². The van der Waals surface area contributed by atoms with Gasteiger partial charge in [0.1, 0.15) is 18.3 Å². The molecule has 1 N–H and O–H groups in total. The summed E-state index contributed by atoms with van der Waals surface area (Å²) in [6.45, 7) is -0.0363. The van der Waals surface area contributed by atoms with E-state index < -0.39 is 6.04 Å². The van der Waals surface area contributed by atoms with Crippen LogP contribution >= 0.6 is 22.9 Å². The number of nitrogens with zero attached hydrogens (tertiary/aromatic N) is 5. The maximum absolute atomic E-state index is 14.0. The number of methoxy groups -OCH3 is 1. The summed E-state index contributed by atoms with van der Waals surface area (Å²) in [6.07, 6.45) is 5.24. The predicted octanol–water partition coefficient (Wildman–Crippen LogP) is 5.28. The Hall–Kier alpha value is -3.76. The molecule has 1 aliphatic rings. The zero-order chi connectivity index (χ0) is 27.9. The van der Waals surface area contributed by atoms with Gasteiger partial charge in [-0.1, -0.05) is 55.1 Å². The topological polar surface area (TPSA) is 102 Å². The van der Waals surface area contributed by atoms with Crippen LogP contribution in [0.2, 0.25) is 5.02 Å². The SMILES string of the molecule is COc1ccc(-c2nnn(CC(=O)N(Cc3ccccc3Cl)[C@@H](C(=O)NC3CCCCC3)c3cccs3)n2)cc1. The van der Waals surface area contributed by atoms with Crippen molar-refractivity contribution >= 4 is 34.8 Å². The smallest absolute Gasteiger partial charge is 0.248 e. The Balaban J connectivity index is 1.43. The number of carbonyl (C=O) groups excluding carboxylic acids is 2. The number of rotatable bonds is 10. The van der Waals surface area contributed by atoms with Gasteiger partial charge in [-0.3, -0.25) is 9.59 Å². The largest absolute Gasteiger partial charge is 0.497 e. The molecule has 2 amide bonds. The molecule has 0 saturated heterocycles. The van der Waals surface area contributed by atoms with E-state index in [-0.39, 0.29) is 30.9 Å².